The summed E-state index contributed by atoms with van der Waals surface area (Å²) < 4.78 is 11.3. The average Bonchev–Trinajstić information content (AvgIpc) is 2.50. The molecule has 0 aliphatic heterocycles. The first-order valence-corrected chi connectivity index (χ1v) is 7.86. The molecule has 116 valence electrons. The highest BCUT2D eigenvalue weighted by Gasteiger charge is 2.08. The van der Waals surface area contributed by atoms with E-state index in [0.717, 1.165) is 11.3 Å². The topological polar surface area (TPSA) is 18.5 Å². The Morgan fingerprint density at radius 1 is 0.955 bits per heavy atom. The molecule has 0 atom stereocenters. The van der Waals surface area contributed by atoms with E-state index in [-0.39, 0.29) is 0 Å². The molecule has 0 unspecified atom stereocenters. The van der Waals surface area contributed by atoms with Gasteiger partial charge in [-0.1, -0.05) is 34.8 Å². The summed E-state index contributed by atoms with van der Waals surface area (Å²) in [6.07, 6.45) is 1.86. The third kappa shape index (κ3) is 4.84. The summed E-state index contributed by atoms with van der Waals surface area (Å²) in [5, 5.41) is 1.83. The van der Waals surface area contributed by atoms with Gasteiger partial charge in [-0.2, -0.15) is 0 Å². The van der Waals surface area contributed by atoms with Gasteiger partial charge >= 0.3 is 0 Å². The van der Waals surface area contributed by atoms with Gasteiger partial charge in [0.1, 0.15) is 24.7 Å². The van der Waals surface area contributed by atoms with Crippen LogP contribution in [-0.4, -0.2) is 13.2 Å². The quantitative estimate of drug-likeness (QED) is 0.459. The average molecular weight is 358 g/mol. The fourth-order valence-electron chi connectivity index (χ4n) is 1.85. The molecule has 0 aromatic heterocycles. The minimum atomic E-state index is 0.404. The highest BCUT2D eigenvalue weighted by molar-refractivity contribution is 6.35. The van der Waals surface area contributed by atoms with Gasteiger partial charge in [0.05, 0.1) is 5.02 Å². The van der Waals surface area contributed by atoms with E-state index < -0.39 is 0 Å². The number of hydrogen-bond donors (Lipinski definition) is 0. The third-order valence-electron chi connectivity index (χ3n) is 2.88. The number of halogens is 3. The SMILES string of the molecule is C/C=C(\OCCOc1ccc(Cl)cc1)c1ccc(Cl)cc1Cl. The number of allylic oxidation sites excluding steroid dienone is 1. The van der Waals surface area contributed by atoms with Gasteiger partial charge in [-0.25, -0.2) is 0 Å². The summed E-state index contributed by atoms with van der Waals surface area (Å²) in [5.41, 5.74) is 0.806. The van der Waals surface area contributed by atoms with Crippen LogP contribution in [0.1, 0.15) is 12.5 Å². The molecular weight excluding hydrogens is 343 g/mol. The summed E-state index contributed by atoms with van der Waals surface area (Å²) >= 11 is 17.9. The lowest BCUT2D eigenvalue weighted by Crippen LogP contribution is -2.06. The van der Waals surface area contributed by atoms with Crippen molar-refractivity contribution in [3.8, 4) is 5.75 Å². The van der Waals surface area contributed by atoms with Gasteiger partial charge in [0.25, 0.3) is 0 Å². The number of benzene rings is 2. The third-order valence-corrected chi connectivity index (χ3v) is 3.68. The molecule has 0 aliphatic carbocycles. The molecule has 0 amide bonds. The molecule has 0 heterocycles. The van der Waals surface area contributed by atoms with Crippen LogP contribution >= 0.6 is 34.8 Å². The molecule has 0 spiro atoms. The van der Waals surface area contributed by atoms with Crippen LogP contribution in [-0.2, 0) is 4.74 Å². The Hall–Kier alpha value is -1.35. The lowest BCUT2D eigenvalue weighted by Gasteiger charge is -2.13. The minimum absolute atomic E-state index is 0.404. The van der Waals surface area contributed by atoms with Crippen LogP contribution in [0, 0.1) is 0 Å². The van der Waals surface area contributed by atoms with Gasteiger partial charge in [-0.15, -0.1) is 0 Å². The van der Waals surface area contributed by atoms with Gasteiger partial charge < -0.3 is 9.47 Å². The van der Waals surface area contributed by atoms with Gasteiger partial charge in [0.2, 0.25) is 0 Å². The van der Waals surface area contributed by atoms with E-state index in [1.807, 2.05) is 31.2 Å². The minimum Gasteiger partial charge on any atom is -0.490 e. The van der Waals surface area contributed by atoms with Crippen molar-refractivity contribution >= 4 is 40.6 Å². The molecule has 0 radical (unpaired) electrons. The second-order valence-electron chi connectivity index (χ2n) is 4.43. The molecular formula is C17H15Cl3O2. The summed E-state index contributed by atoms with van der Waals surface area (Å²) in [5.74, 6) is 1.45. The van der Waals surface area contributed by atoms with Crippen LogP contribution in [0.4, 0.5) is 0 Å². The lowest BCUT2D eigenvalue weighted by atomic mass is 10.2. The van der Waals surface area contributed by atoms with Crippen LogP contribution in [0.25, 0.3) is 5.76 Å². The molecule has 0 saturated carbocycles. The molecule has 2 aromatic carbocycles. The molecule has 22 heavy (non-hydrogen) atoms. The van der Waals surface area contributed by atoms with Crippen molar-refractivity contribution in [1.82, 2.24) is 0 Å². The van der Waals surface area contributed by atoms with Crippen LogP contribution in [0.5, 0.6) is 5.75 Å². The number of rotatable bonds is 6. The van der Waals surface area contributed by atoms with Crippen molar-refractivity contribution < 1.29 is 9.47 Å². The van der Waals surface area contributed by atoms with E-state index in [2.05, 4.69) is 0 Å². The lowest BCUT2D eigenvalue weighted by molar-refractivity contribution is 0.194. The molecule has 5 heteroatoms. The van der Waals surface area contributed by atoms with E-state index in [1.165, 1.54) is 0 Å². The van der Waals surface area contributed by atoms with Crippen LogP contribution < -0.4 is 4.74 Å². The van der Waals surface area contributed by atoms with Crippen molar-refractivity contribution in [2.24, 2.45) is 0 Å². The Kier molecular flexibility index (Phi) is 6.44. The van der Waals surface area contributed by atoms with Crippen molar-refractivity contribution in [3.05, 3.63) is 69.2 Å². The molecule has 2 aromatic rings. The van der Waals surface area contributed by atoms with Crippen molar-refractivity contribution in [1.29, 1.82) is 0 Å². The van der Waals surface area contributed by atoms with Gasteiger partial charge in [-0.05, 0) is 55.5 Å². The zero-order valence-electron chi connectivity index (χ0n) is 12.0. The maximum atomic E-state index is 6.18. The number of hydrogen-bond acceptors (Lipinski definition) is 2. The molecule has 0 saturated heterocycles. The largest absolute Gasteiger partial charge is 0.490 e. The van der Waals surface area contributed by atoms with Crippen molar-refractivity contribution in [2.75, 3.05) is 13.2 Å². The zero-order chi connectivity index (χ0) is 15.9. The maximum Gasteiger partial charge on any atom is 0.123 e. The summed E-state index contributed by atoms with van der Waals surface area (Å²) in [7, 11) is 0. The van der Waals surface area contributed by atoms with E-state index in [9.17, 15) is 0 Å². The summed E-state index contributed by atoms with van der Waals surface area (Å²) in [6, 6.07) is 12.5. The van der Waals surface area contributed by atoms with Crippen molar-refractivity contribution in [2.45, 2.75) is 6.92 Å². The number of ether oxygens (including phenoxy) is 2. The summed E-state index contributed by atoms with van der Waals surface area (Å²) in [6.45, 7) is 2.71. The van der Waals surface area contributed by atoms with E-state index in [1.54, 1.807) is 24.3 Å². The first-order valence-electron chi connectivity index (χ1n) is 6.73. The molecule has 2 nitrogen and oxygen atoms in total. The predicted octanol–water partition coefficient (Wildman–Crippen LogP) is 6.10. The Morgan fingerprint density at radius 3 is 2.27 bits per heavy atom. The molecule has 0 N–H and O–H groups in total. The monoisotopic (exact) mass is 356 g/mol. The second-order valence-corrected chi connectivity index (χ2v) is 5.71. The molecule has 0 fully saturated rings. The van der Waals surface area contributed by atoms with Crippen LogP contribution in [0.15, 0.2) is 48.5 Å². The fraction of sp³-hybridized carbons (Fsp3) is 0.176. The molecule has 0 aliphatic rings. The predicted molar refractivity (Wildman–Crippen MR) is 93.0 cm³/mol. The second kappa shape index (κ2) is 8.33. The van der Waals surface area contributed by atoms with Crippen LogP contribution in [0.2, 0.25) is 15.1 Å². The first-order chi connectivity index (χ1) is 10.6. The Morgan fingerprint density at radius 2 is 1.64 bits per heavy atom. The van der Waals surface area contributed by atoms with Gasteiger partial charge in [0.15, 0.2) is 0 Å². The highest BCUT2D eigenvalue weighted by Crippen LogP contribution is 2.27. The Balaban J connectivity index is 1.88. The maximum absolute atomic E-state index is 6.18. The van der Waals surface area contributed by atoms with E-state index in [4.69, 9.17) is 44.3 Å². The van der Waals surface area contributed by atoms with E-state index >= 15 is 0 Å². The smallest absolute Gasteiger partial charge is 0.123 e. The fourth-order valence-corrected chi connectivity index (χ4v) is 2.48. The van der Waals surface area contributed by atoms with Gasteiger partial charge in [0, 0.05) is 15.6 Å². The Bertz CT molecular complexity index is 651. The molecule has 2 rings (SSSR count). The van der Waals surface area contributed by atoms with Gasteiger partial charge in [-0.3, -0.25) is 0 Å². The van der Waals surface area contributed by atoms with Crippen molar-refractivity contribution in [3.63, 3.8) is 0 Å². The Labute approximate surface area is 145 Å². The zero-order valence-corrected chi connectivity index (χ0v) is 14.3. The summed E-state index contributed by atoms with van der Waals surface area (Å²) in [4.78, 5) is 0. The standard InChI is InChI=1S/C17H15Cl3O2/c1-2-17(15-8-5-13(19)11-16(15)20)22-10-9-21-14-6-3-12(18)4-7-14/h2-8,11H,9-10H2,1H3/b17-2-. The molecule has 0 bridgehead atoms. The highest BCUT2D eigenvalue weighted by atomic mass is 35.5. The van der Waals surface area contributed by atoms with E-state index in [0.29, 0.717) is 34.0 Å². The normalized spacial score (nSPS) is 11.4. The first kappa shape index (κ1) is 17.0. The van der Waals surface area contributed by atoms with Crippen LogP contribution in [0.3, 0.4) is 0 Å².